The van der Waals surface area contributed by atoms with Gasteiger partial charge in [-0.2, -0.15) is 4.98 Å². The van der Waals surface area contributed by atoms with Gasteiger partial charge in [0.1, 0.15) is 6.26 Å². The zero-order valence-electron chi connectivity index (χ0n) is 8.55. The molecular formula is C9H16N2O2. The van der Waals surface area contributed by atoms with Crippen molar-refractivity contribution in [2.75, 3.05) is 7.11 Å². The summed E-state index contributed by atoms with van der Waals surface area (Å²) in [6, 6.07) is 0. The van der Waals surface area contributed by atoms with Gasteiger partial charge in [0.25, 0.3) is 0 Å². The smallest absolute Gasteiger partial charge is 0.393 e. The predicted molar refractivity (Wildman–Crippen MR) is 49.6 cm³/mol. The van der Waals surface area contributed by atoms with E-state index in [0.717, 1.165) is 5.69 Å². The number of hydrogen-bond donors (Lipinski definition) is 1. The van der Waals surface area contributed by atoms with Crippen molar-refractivity contribution in [1.29, 1.82) is 0 Å². The molecule has 0 spiro atoms. The monoisotopic (exact) mass is 184 g/mol. The molecule has 0 aliphatic carbocycles. The summed E-state index contributed by atoms with van der Waals surface area (Å²) < 4.78 is 9.83. The Hall–Kier alpha value is -1.03. The molecule has 0 aromatic carbocycles. The van der Waals surface area contributed by atoms with Gasteiger partial charge in [0.15, 0.2) is 0 Å². The number of nitrogens with zero attached hydrogens (tertiary/aromatic N) is 1. The van der Waals surface area contributed by atoms with Gasteiger partial charge < -0.3 is 14.5 Å². The maximum Gasteiger partial charge on any atom is 0.393 e. The van der Waals surface area contributed by atoms with Gasteiger partial charge >= 0.3 is 6.08 Å². The van der Waals surface area contributed by atoms with Gasteiger partial charge in [-0.05, 0) is 20.8 Å². The Bertz CT molecular complexity index is 263. The normalized spacial score (nSPS) is 11.7. The molecule has 4 heteroatoms. The summed E-state index contributed by atoms with van der Waals surface area (Å²) in [6.45, 7) is 7.00. The molecule has 0 aliphatic rings. The maximum atomic E-state index is 5.01. The van der Waals surface area contributed by atoms with Crippen molar-refractivity contribution in [1.82, 2.24) is 10.3 Å². The van der Waals surface area contributed by atoms with Crippen LogP contribution in [0.25, 0.3) is 0 Å². The molecule has 0 aliphatic heterocycles. The second-order valence-electron chi connectivity index (χ2n) is 3.91. The largest absolute Gasteiger partial charge is 0.454 e. The first-order chi connectivity index (χ1) is 6.01. The van der Waals surface area contributed by atoms with Crippen molar-refractivity contribution in [3.05, 3.63) is 12.0 Å². The quantitative estimate of drug-likeness (QED) is 0.774. The number of hydrogen-bond acceptors (Lipinski definition) is 4. The molecule has 1 rings (SSSR count). The van der Waals surface area contributed by atoms with E-state index in [2.05, 4.69) is 31.1 Å². The molecule has 1 aromatic heterocycles. The summed E-state index contributed by atoms with van der Waals surface area (Å²) in [5.74, 6) is 0. The van der Waals surface area contributed by atoms with E-state index in [4.69, 9.17) is 9.15 Å². The Morgan fingerprint density at radius 2 is 2.23 bits per heavy atom. The molecule has 0 fully saturated rings. The fourth-order valence-corrected chi connectivity index (χ4v) is 0.819. The van der Waals surface area contributed by atoms with Crippen LogP contribution in [0.3, 0.4) is 0 Å². The highest BCUT2D eigenvalue weighted by Crippen LogP contribution is 2.10. The molecule has 4 nitrogen and oxygen atoms in total. The third kappa shape index (κ3) is 3.46. The van der Waals surface area contributed by atoms with Crippen LogP contribution in [0.2, 0.25) is 0 Å². The van der Waals surface area contributed by atoms with Gasteiger partial charge in [-0.1, -0.05) is 0 Å². The van der Waals surface area contributed by atoms with Gasteiger partial charge in [-0.3, -0.25) is 0 Å². The van der Waals surface area contributed by atoms with E-state index in [1.54, 1.807) is 6.26 Å². The molecule has 0 radical (unpaired) electrons. The Balaban J connectivity index is 2.46. The number of nitrogens with one attached hydrogen (secondary N) is 1. The number of aromatic nitrogens is 1. The van der Waals surface area contributed by atoms with E-state index in [1.165, 1.54) is 7.11 Å². The molecule has 0 amide bonds. The summed E-state index contributed by atoms with van der Waals surface area (Å²) in [7, 11) is 1.53. The molecule has 0 saturated heterocycles. The Labute approximate surface area is 78.3 Å². The standard InChI is InChI=1S/C9H16N2O2/c1-9(2,3)10-5-7-6-13-8(11-7)12-4/h6,10H,5H2,1-4H3. The number of oxazole rings is 1. The van der Waals surface area contributed by atoms with Crippen LogP contribution < -0.4 is 10.1 Å². The maximum absolute atomic E-state index is 5.01. The zero-order chi connectivity index (χ0) is 9.90. The zero-order valence-corrected chi connectivity index (χ0v) is 8.55. The predicted octanol–water partition coefficient (Wildman–Crippen LogP) is 1.57. The van der Waals surface area contributed by atoms with E-state index < -0.39 is 0 Å². The van der Waals surface area contributed by atoms with Crippen LogP contribution in [0, 0.1) is 0 Å². The van der Waals surface area contributed by atoms with Gasteiger partial charge in [0, 0.05) is 12.1 Å². The Kier molecular flexibility index (Phi) is 2.93. The minimum atomic E-state index is 0.0895. The summed E-state index contributed by atoms with van der Waals surface area (Å²) in [6.07, 6.45) is 1.91. The molecule has 0 bridgehead atoms. The lowest BCUT2D eigenvalue weighted by molar-refractivity contribution is 0.290. The fourth-order valence-electron chi connectivity index (χ4n) is 0.819. The second-order valence-corrected chi connectivity index (χ2v) is 3.91. The van der Waals surface area contributed by atoms with E-state index in [-0.39, 0.29) is 5.54 Å². The molecular weight excluding hydrogens is 168 g/mol. The van der Waals surface area contributed by atoms with Crippen LogP contribution in [0.5, 0.6) is 6.08 Å². The van der Waals surface area contributed by atoms with Gasteiger partial charge in [-0.25, -0.2) is 0 Å². The molecule has 74 valence electrons. The van der Waals surface area contributed by atoms with Crippen LogP contribution in [0.4, 0.5) is 0 Å². The number of ether oxygens (including phenoxy) is 1. The van der Waals surface area contributed by atoms with Gasteiger partial charge in [0.2, 0.25) is 0 Å². The topological polar surface area (TPSA) is 47.3 Å². The Morgan fingerprint density at radius 1 is 1.54 bits per heavy atom. The van der Waals surface area contributed by atoms with E-state index >= 15 is 0 Å². The van der Waals surface area contributed by atoms with Gasteiger partial charge in [-0.15, -0.1) is 0 Å². The molecule has 0 unspecified atom stereocenters. The summed E-state index contributed by atoms with van der Waals surface area (Å²) in [5, 5.41) is 3.30. The van der Waals surface area contributed by atoms with Gasteiger partial charge in [0.05, 0.1) is 12.8 Å². The lowest BCUT2D eigenvalue weighted by Crippen LogP contribution is -2.35. The first-order valence-electron chi connectivity index (χ1n) is 4.25. The van der Waals surface area contributed by atoms with E-state index in [0.29, 0.717) is 12.6 Å². The van der Waals surface area contributed by atoms with Crippen molar-refractivity contribution in [2.45, 2.75) is 32.9 Å². The lowest BCUT2D eigenvalue weighted by atomic mass is 10.1. The van der Waals surface area contributed by atoms with Crippen molar-refractivity contribution in [3.8, 4) is 6.08 Å². The third-order valence-electron chi connectivity index (χ3n) is 1.51. The summed E-state index contributed by atoms with van der Waals surface area (Å²) in [4.78, 5) is 4.08. The highest BCUT2D eigenvalue weighted by molar-refractivity contribution is 4.99. The third-order valence-corrected chi connectivity index (χ3v) is 1.51. The molecule has 0 saturated carbocycles. The lowest BCUT2D eigenvalue weighted by Gasteiger charge is -2.19. The SMILES string of the molecule is COc1nc(CNC(C)(C)C)co1. The summed E-state index contributed by atoms with van der Waals surface area (Å²) in [5.41, 5.74) is 0.943. The van der Waals surface area contributed by atoms with Crippen LogP contribution in [-0.4, -0.2) is 17.6 Å². The average Bonchev–Trinajstić information content (AvgIpc) is 2.47. The first kappa shape index (κ1) is 10.1. The van der Waals surface area contributed by atoms with Crippen molar-refractivity contribution in [3.63, 3.8) is 0 Å². The molecule has 1 heterocycles. The van der Waals surface area contributed by atoms with Crippen LogP contribution in [0.1, 0.15) is 26.5 Å². The molecule has 1 N–H and O–H groups in total. The highest BCUT2D eigenvalue weighted by atomic mass is 16.6. The summed E-state index contributed by atoms with van der Waals surface area (Å²) >= 11 is 0. The van der Waals surface area contributed by atoms with E-state index in [9.17, 15) is 0 Å². The molecule has 0 atom stereocenters. The minimum absolute atomic E-state index is 0.0895. The second kappa shape index (κ2) is 3.79. The van der Waals surface area contributed by atoms with E-state index in [1.807, 2.05) is 0 Å². The van der Waals surface area contributed by atoms with Crippen molar-refractivity contribution >= 4 is 0 Å². The van der Waals surface area contributed by atoms with Crippen LogP contribution in [0.15, 0.2) is 10.7 Å². The Morgan fingerprint density at radius 3 is 2.69 bits per heavy atom. The van der Waals surface area contributed by atoms with Crippen molar-refractivity contribution in [2.24, 2.45) is 0 Å². The fraction of sp³-hybridized carbons (Fsp3) is 0.667. The highest BCUT2D eigenvalue weighted by Gasteiger charge is 2.10. The van der Waals surface area contributed by atoms with Crippen LogP contribution >= 0.6 is 0 Å². The minimum Gasteiger partial charge on any atom is -0.454 e. The number of rotatable bonds is 3. The number of methoxy groups -OCH3 is 1. The molecule has 13 heavy (non-hydrogen) atoms. The average molecular weight is 184 g/mol. The first-order valence-corrected chi connectivity index (χ1v) is 4.25. The van der Waals surface area contributed by atoms with Crippen LogP contribution in [-0.2, 0) is 6.54 Å². The van der Waals surface area contributed by atoms with Crippen molar-refractivity contribution < 1.29 is 9.15 Å². The molecule has 1 aromatic rings.